The zero-order valence-electron chi connectivity index (χ0n) is 20.8. The minimum atomic E-state index is -0.0814. The van der Waals surface area contributed by atoms with Crippen molar-refractivity contribution in [3.05, 3.63) is 141 Å². The molecule has 0 aliphatic rings. The van der Waals surface area contributed by atoms with E-state index in [2.05, 4.69) is 4.98 Å². The number of fused-ring (bicyclic) bond motifs is 3. The van der Waals surface area contributed by atoms with E-state index in [9.17, 15) is 4.79 Å². The molecule has 0 fully saturated rings. The summed E-state index contributed by atoms with van der Waals surface area (Å²) in [5, 5.41) is 4.94. The van der Waals surface area contributed by atoms with Crippen molar-refractivity contribution in [2.45, 2.75) is 6.61 Å². The predicted octanol–water partition coefficient (Wildman–Crippen LogP) is 5.89. The van der Waals surface area contributed by atoms with Crippen LogP contribution in [0.1, 0.15) is 11.1 Å². The van der Waals surface area contributed by atoms with Crippen molar-refractivity contribution in [2.75, 3.05) is 0 Å². The van der Waals surface area contributed by atoms with Crippen LogP contribution in [0.15, 0.2) is 120 Å². The zero-order valence-corrected chi connectivity index (χ0v) is 21.6. The minimum Gasteiger partial charge on any atom is -0.489 e. The highest BCUT2D eigenvalue weighted by Crippen LogP contribution is 2.28. The van der Waals surface area contributed by atoms with E-state index in [1.165, 1.54) is 11.3 Å². The SMILES string of the molecule is O=c1/c(=C/c2cn(-c3ccccc3)nc2-c2cccc(OCc3ccccc3)c2)sc2nc3ccccc3n12. The van der Waals surface area contributed by atoms with E-state index in [1.54, 1.807) is 4.40 Å². The smallest absolute Gasteiger partial charge is 0.274 e. The van der Waals surface area contributed by atoms with E-state index in [4.69, 9.17) is 9.84 Å². The third-order valence-electron chi connectivity index (χ3n) is 6.55. The van der Waals surface area contributed by atoms with E-state index in [-0.39, 0.29) is 5.56 Å². The maximum atomic E-state index is 13.5. The van der Waals surface area contributed by atoms with Crippen molar-refractivity contribution in [1.29, 1.82) is 0 Å². The Morgan fingerprint density at radius 1 is 0.846 bits per heavy atom. The molecule has 0 unspecified atom stereocenters. The molecule has 0 bridgehead atoms. The van der Waals surface area contributed by atoms with Gasteiger partial charge in [-0.1, -0.05) is 84.1 Å². The Kier molecular flexibility index (Phi) is 5.75. The molecule has 0 N–H and O–H groups in total. The molecule has 7 aromatic rings. The molecule has 0 saturated carbocycles. The Labute approximate surface area is 227 Å². The topological polar surface area (TPSA) is 61.4 Å². The Balaban J connectivity index is 1.34. The van der Waals surface area contributed by atoms with Gasteiger partial charge in [-0.3, -0.25) is 4.79 Å². The van der Waals surface area contributed by atoms with Crippen molar-refractivity contribution in [3.8, 4) is 22.7 Å². The molecule has 0 atom stereocenters. The lowest BCUT2D eigenvalue weighted by Gasteiger charge is -2.08. The van der Waals surface area contributed by atoms with Crippen LogP contribution in [0.5, 0.6) is 5.75 Å². The summed E-state index contributed by atoms with van der Waals surface area (Å²) in [6.45, 7) is 0.476. The summed E-state index contributed by atoms with van der Waals surface area (Å²) in [4.78, 5) is 18.8. The number of para-hydroxylation sites is 3. The third-order valence-corrected chi connectivity index (χ3v) is 7.52. The largest absolute Gasteiger partial charge is 0.489 e. The van der Waals surface area contributed by atoms with Crippen LogP contribution >= 0.6 is 11.3 Å². The summed E-state index contributed by atoms with van der Waals surface area (Å²) in [5.74, 6) is 0.752. The van der Waals surface area contributed by atoms with Crippen LogP contribution < -0.4 is 14.8 Å². The molecular weight excluding hydrogens is 504 g/mol. The monoisotopic (exact) mass is 526 g/mol. The Bertz CT molecular complexity index is 2040. The number of nitrogens with zero attached hydrogens (tertiary/aromatic N) is 4. The summed E-state index contributed by atoms with van der Waals surface area (Å²) in [5.41, 5.74) is 6.09. The summed E-state index contributed by atoms with van der Waals surface area (Å²) in [6.07, 6.45) is 3.87. The summed E-state index contributed by atoms with van der Waals surface area (Å²) >= 11 is 1.38. The first-order valence-corrected chi connectivity index (χ1v) is 13.4. The number of thiazole rings is 1. The van der Waals surface area contributed by atoms with E-state index in [1.807, 2.05) is 126 Å². The predicted molar refractivity (Wildman–Crippen MR) is 155 cm³/mol. The number of hydrogen-bond acceptors (Lipinski definition) is 5. The summed E-state index contributed by atoms with van der Waals surface area (Å²) < 4.78 is 10.2. The van der Waals surface area contributed by atoms with Crippen LogP contribution in [0.3, 0.4) is 0 Å². The number of ether oxygens (including phenoxy) is 1. The average Bonchev–Trinajstić information content (AvgIpc) is 3.66. The molecule has 0 radical (unpaired) electrons. The molecule has 0 aliphatic heterocycles. The van der Waals surface area contributed by atoms with Crippen molar-refractivity contribution >= 4 is 33.4 Å². The van der Waals surface area contributed by atoms with Gasteiger partial charge in [-0.05, 0) is 48.0 Å². The van der Waals surface area contributed by atoms with Gasteiger partial charge in [0.25, 0.3) is 5.56 Å². The Morgan fingerprint density at radius 3 is 2.46 bits per heavy atom. The lowest BCUT2D eigenvalue weighted by Crippen LogP contribution is -2.22. The molecule has 3 heterocycles. The van der Waals surface area contributed by atoms with Crippen LogP contribution in [0.4, 0.5) is 0 Å². The van der Waals surface area contributed by atoms with Crippen LogP contribution in [-0.2, 0) is 6.61 Å². The van der Waals surface area contributed by atoms with Gasteiger partial charge in [0.15, 0.2) is 4.96 Å². The third kappa shape index (κ3) is 4.39. The second-order valence-electron chi connectivity index (χ2n) is 9.15. The average molecular weight is 527 g/mol. The molecule has 0 saturated heterocycles. The number of aromatic nitrogens is 4. The zero-order chi connectivity index (χ0) is 26.2. The first kappa shape index (κ1) is 23.1. The molecule has 7 rings (SSSR count). The van der Waals surface area contributed by atoms with Gasteiger partial charge in [0, 0.05) is 17.3 Å². The molecule has 3 aromatic heterocycles. The molecular formula is C32H22N4O2S. The van der Waals surface area contributed by atoms with Crippen molar-refractivity contribution in [1.82, 2.24) is 19.2 Å². The van der Waals surface area contributed by atoms with Crippen molar-refractivity contribution in [3.63, 3.8) is 0 Å². The summed E-state index contributed by atoms with van der Waals surface area (Å²) in [7, 11) is 0. The summed E-state index contributed by atoms with van der Waals surface area (Å²) in [6, 6.07) is 35.6. The maximum Gasteiger partial charge on any atom is 0.274 e. The fraction of sp³-hybridized carbons (Fsp3) is 0.0312. The molecule has 7 heteroatoms. The lowest BCUT2D eigenvalue weighted by atomic mass is 10.1. The van der Waals surface area contributed by atoms with Gasteiger partial charge in [0.2, 0.25) is 0 Å². The quantitative estimate of drug-likeness (QED) is 0.271. The van der Waals surface area contributed by atoms with E-state index in [0.29, 0.717) is 16.1 Å². The number of imidazole rings is 1. The van der Waals surface area contributed by atoms with Gasteiger partial charge in [-0.2, -0.15) is 5.10 Å². The van der Waals surface area contributed by atoms with Crippen LogP contribution in [0.25, 0.3) is 39.0 Å². The molecule has 0 amide bonds. The van der Waals surface area contributed by atoms with Gasteiger partial charge < -0.3 is 4.74 Å². The fourth-order valence-corrected chi connectivity index (χ4v) is 5.64. The first-order valence-electron chi connectivity index (χ1n) is 12.6. The molecule has 6 nitrogen and oxygen atoms in total. The second kappa shape index (κ2) is 9.70. The van der Waals surface area contributed by atoms with Crippen molar-refractivity contribution < 1.29 is 4.74 Å². The molecule has 0 aliphatic carbocycles. The highest BCUT2D eigenvalue weighted by molar-refractivity contribution is 7.15. The second-order valence-corrected chi connectivity index (χ2v) is 10.2. The normalized spacial score (nSPS) is 11.9. The number of rotatable bonds is 6. The van der Waals surface area contributed by atoms with E-state index >= 15 is 0 Å². The Morgan fingerprint density at radius 2 is 1.62 bits per heavy atom. The van der Waals surface area contributed by atoms with Gasteiger partial charge in [0.05, 0.1) is 21.3 Å². The van der Waals surface area contributed by atoms with Crippen LogP contribution in [0.2, 0.25) is 0 Å². The highest BCUT2D eigenvalue weighted by Gasteiger charge is 2.15. The van der Waals surface area contributed by atoms with Crippen molar-refractivity contribution in [2.24, 2.45) is 0 Å². The van der Waals surface area contributed by atoms with E-state index < -0.39 is 0 Å². The lowest BCUT2D eigenvalue weighted by molar-refractivity contribution is 0.306. The fourth-order valence-electron chi connectivity index (χ4n) is 4.66. The minimum absolute atomic E-state index is 0.0814. The van der Waals surface area contributed by atoms with Gasteiger partial charge in [-0.15, -0.1) is 0 Å². The number of benzene rings is 4. The van der Waals surface area contributed by atoms with Crippen LogP contribution in [0, 0.1) is 0 Å². The Hall–Kier alpha value is -5.01. The standard InChI is InChI=1S/C32H22N4O2S/c37-31-29(39-32-33-27-16-7-8-17-28(27)36(31)32)19-24-20-35(25-13-5-2-6-14-25)34-30(24)23-12-9-15-26(18-23)38-21-22-10-3-1-4-11-22/h1-20H,21H2/b29-19-. The first-order chi connectivity index (χ1) is 19.2. The molecule has 0 spiro atoms. The van der Waals surface area contributed by atoms with Crippen LogP contribution in [-0.4, -0.2) is 19.2 Å². The van der Waals surface area contributed by atoms with E-state index in [0.717, 1.165) is 44.9 Å². The highest BCUT2D eigenvalue weighted by atomic mass is 32.1. The van der Waals surface area contributed by atoms with Gasteiger partial charge in [-0.25, -0.2) is 14.1 Å². The van der Waals surface area contributed by atoms with Gasteiger partial charge in [0.1, 0.15) is 18.1 Å². The molecule has 188 valence electrons. The number of hydrogen-bond donors (Lipinski definition) is 0. The van der Waals surface area contributed by atoms with Gasteiger partial charge >= 0.3 is 0 Å². The maximum absolute atomic E-state index is 13.5. The molecule has 4 aromatic carbocycles. The molecule has 39 heavy (non-hydrogen) atoms.